The summed E-state index contributed by atoms with van der Waals surface area (Å²) in [5.41, 5.74) is 2.06. The van der Waals surface area contributed by atoms with E-state index in [-0.39, 0.29) is 19.1 Å². The Balaban J connectivity index is 1.98. The van der Waals surface area contributed by atoms with Gasteiger partial charge in [-0.25, -0.2) is 9.59 Å². The maximum atomic E-state index is 12.0. The van der Waals surface area contributed by atoms with E-state index in [1.54, 1.807) is 57.4 Å². The summed E-state index contributed by atoms with van der Waals surface area (Å²) in [7, 11) is 1.56. The average Bonchev–Trinajstić information content (AvgIpc) is 2.67. The van der Waals surface area contributed by atoms with Crippen LogP contribution in [0.3, 0.4) is 0 Å². The second-order valence-corrected chi connectivity index (χ2v) is 6.41. The topological polar surface area (TPSA) is 94.1 Å². The molecular formula is C21H25NO6. The number of methoxy groups -OCH3 is 1. The predicted molar refractivity (Wildman–Crippen MR) is 105 cm³/mol. The molecule has 150 valence electrons. The van der Waals surface area contributed by atoms with Gasteiger partial charge in [0.1, 0.15) is 12.4 Å². The minimum absolute atomic E-state index is 0.0200. The molecule has 1 unspecified atom stereocenters. The van der Waals surface area contributed by atoms with E-state index in [1.807, 2.05) is 12.1 Å². The second kappa shape index (κ2) is 10.3. The van der Waals surface area contributed by atoms with Crippen LogP contribution in [-0.4, -0.2) is 36.5 Å². The summed E-state index contributed by atoms with van der Waals surface area (Å²) in [5.74, 6) is -0.342. The SMILES string of the molecule is COc1ccc(NC(=O)OCc2ccccc2CC(OC(C)C)C(=O)O)cc1. The molecule has 0 spiro atoms. The maximum Gasteiger partial charge on any atom is 0.411 e. The molecule has 0 aliphatic carbocycles. The Morgan fingerprint density at radius 2 is 1.68 bits per heavy atom. The van der Waals surface area contributed by atoms with Crippen LogP contribution >= 0.6 is 0 Å². The van der Waals surface area contributed by atoms with Gasteiger partial charge >= 0.3 is 12.1 Å². The molecule has 0 radical (unpaired) electrons. The van der Waals surface area contributed by atoms with Crippen LogP contribution in [0.1, 0.15) is 25.0 Å². The molecule has 0 fully saturated rings. The van der Waals surface area contributed by atoms with Crippen LogP contribution in [0, 0.1) is 0 Å². The molecule has 0 saturated heterocycles. The van der Waals surface area contributed by atoms with Crippen molar-refractivity contribution in [2.75, 3.05) is 12.4 Å². The molecule has 1 amide bonds. The number of carboxylic acid groups (broad SMARTS) is 1. The second-order valence-electron chi connectivity index (χ2n) is 6.41. The number of carbonyl (C=O) groups excluding carboxylic acids is 1. The third-order valence-corrected chi connectivity index (χ3v) is 3.93. The summed E-state index contributed by atoms with van der Waals surface area (Å²) in [4.78, 5) is 23.5. The number of benzene rings is 2. The van der Waals surface area contributed by atoms with Crippen molar-refractivity contribution >= 4 is 17.7 Å². The van der Waals surface area contributed by atoms with E-state index in [1.165, 1.54) is 0 Å². The lowest BCUT2D eigenvalue weighted by molar-refractivity contribution is -0.153. The van der Waals surface area contributed by atoms with Gasteiger partial charge in [-0.05, 0) is 49.2 Å². The van der Waals surface area contributed by atoms with Gasteiger partial charge in [-0.15, -0.1) is 0 Å². The first-order chi connectivity index (χ1) is 13.4. The van der Waals surface area contributed by atoms with Crippen LogP contribution in [0.25, 0.3) is 0 Å². The van der Waals surface area contributed by atoms with Crippen molar-refractivity contribution in [1.82, 2.24) is 0 Å². The summed E-state index contributed by atoms with van der Waals surface area (Å²) in [5, 5.41) is 12.0. The number of rotatable bonds is 9. The number of carbonyl (C=O) groups is 2. The first kappa shape index (κ1) is 21.2. The fourth-order valence-corrected chi connectivity index (χ4v) is 2.59. The summed E-state index contributed by atoms with van der Waals surface area (Å²) in [6, 6.07) is 14.1. The summed E-state index contributed by atoms with van der Waals surface area (Å²) in [6.45, 7) is 3.59. The first-order valence-electron chi connectivity index (χ1n) is 8.92. The van der Waals surface area contributed by atoms with Gasteiger partial charge in [-0.3, -0.25) is 5.32 Å². The van der Waals surface area contributed by atoms with Gasteiger partial charge in [0.15, 0.2) is 6.10 Å². The minimum atomic E-state index is -1.03. The predicted octanol–water partition coefficient (Wildman–Crippen LogP) is 3.86. The largest absolute Gasteiger partial charge is 0.497 e. The zero-order valence-corrected chi connectivity index (χ0v) is 16.2. The molecule has 7 nitrogen and oxygen atoms in total. The number of amides is 1. The van der Waals surface area contributed by atoms with Crippen molar-refractivity contribution in [2.24, 2.45) is 0 Å². The zero-order chi connectivity index (χ0) is 20.5. The van der Waals surface area contributed by atoms with E-state index in [2.05, 4.69) is 5.32 Å². The number of hydrogen-bond donors (Lipinski definition) is 2. The lowest BCUT2D eigenvalue weighted by Crippen LogP contribution is -2.29. The fraction of sp³-hybridized carbons (Fsp3) is 0.333. The van der Waals surface area contributed by atoms with Crippen molar-refractivity contribution in [1.29, 1.82) is 0 Å². The quantitative estimate of drug-likeness (QED) is 0.678. The molecule has 2 N–H and O–H groups in total. The van der Waals surface area contributed by atoms with Crippen molar-refractivity contribution in [3.05, 3.63) is 59.7 Å². The van der Waals surface area contributed by atoms with Crippen molar-refractivity contribution in [3.63, 3.8) is 0 Å². The molecule has 0 aliphatic rings. The molecule has 1 atom stereocenters. The average molecular weight is 387 g/mol. The summed E-state index contributed by atoms with van der Waals surface area (Å²) >= 11 is 0. The highest BCUT2D eigenvalue weighted by molar-refractivity contribution is 5.84. The van der Waals surface area contributed by atoms with Crippen LogP contribution in [-0.2, 0) is 27.3 Å². The first-order valence-corrected chi connectivity index (χ1v) is 8.92. The van der Waals surface area contributed by atoms with E-state index in [0.717, 1.165) is 11.1 Å². The van der Waals surface area contributed by atoms with Gasteiger partial charge in [0.2, 0.25) is 0 Å². The molecule has 2 aromatic rings. The third kappa shape index (κ3) is 6.59. The van der Waals surface area contributed by atoms with Crippen LogP contribution in [0.15, 0.2) is 48.5 Å². The Kier molecular flexibility index (Phi) is 7.83. The molecule has 0 bridgehead atoms. The Morgan fingerprint density at radius 3 is 2.25 bits per heavy atom. The molecule has 28 heavy (non-hydrogen) atoms. The highest BCUT2D eigenvalue weighted by atomic mass is 16.5. The molecular weight excluding hydrogens is 362 g/mol. The normalized spacial score (nSPS) is 11.7. The molecule has 0 aromatic heterocycles. The van der Waals surface area contributed by atoms with E-state index in [9.17, 15) is 14.7 Å². The number of ether oxygens (including phenoxy) is 3. The molecule has 0 heterocycles. The molecule has 0 saturated carbocycles. The van der Waals surface area contributed by atoms with E-state index in [4.69, 9.17) is 14.2 Å². The van der Waals surface area contributed by atoms with E-state index >= 15 is 0 Å². The molecule has 2 aromatic carbocycles. The Bertz CT molecular complexity index is 788. The molecule has 7 heteroatoms. The van der Waals surface area contributed by atoms with Crippen LogP contribution < -0.4 is 10.1 Å². The van der Waals surface area contributed by atoms with Crippen molar-refractivity contribution in [2.45, 2.75) is 39.1 Å². The smallest absolute Gasteiger partial charge is 0.411 e. The highest BCUT2D eigenvalue weighted by Crippen LogP contribution is 2.17. The molecule has 2 rings (SSSR count). The Morgan fingerprint density at radius 1 is 1.04 bits per heavy atom. The molecule has 0 aliphatic heterocycles. The van der Waals surface area contributed by atoms with Crippen LogP contribution in [0.5, 0.6) is 5.75 Å². The minimum Gasteiger partial charge on any atom is -0.497 e. The third-order valence-electron chi connectivity index (χ3n) is 3.93. The van der Waals surface area contributed by atoms with Gasteiger partial charge in [0.05, 0.1) is 13.2 Å². The summed E-state index contributed by atoms with van der Waals surface area (Å²) < 4.78 is 15.8. The maximum absolute atomic E-state index is 12.0. The van der Waals surface area contributed by atoms with Gasteiger partial charge in [0, 0.05) is 12.1 Å². The van der Waals surface area contributed by atoms with E-state index < -0.39 is 18.2 Å². The van der Waals surface area contributed by atoms with E-state index in [0.29, 0.717) is 11.4 Å². The van der Waals surface area contributed by atoms with Gasteiger partial charge < -0.3 is 19.3 Å². The van der Waals surface area contributed by atoms with Crippen molar-refractivity contribution < 1.29 is 28.9 Å². The standard InChI is InChI=1S/C21H25NO6/c1-14(2)28-19(20(23)24)12-15-6-4-5-7-16(15)13-27-21(25)22-17-8-10-18(26-3)11-9-17/h4-11,14,19H,12-13H2,1-3H3,(H,22,25)(H,23,24). The monoisotopic (exact) mass is 387 g/mol. The number of hydrogen-bond acceptors (Lipinski definition) is 5. The Hall–Kier alpha value is -3.06. The lowest BCUT2D eigenvalue weighted by atomic mass is 10.0. The number of anilines is 1. The summed E-state index contributed by atoms with van der Waals surface area (Å²) in [6.07, 6.45) is -1.59. The highest BCUT2D eigenvalue weighted by Gasteiger charge is 2.21. The lowest BCUT2D eigenvalue weighted by Gasteiger charge is -2.18. The number of aliphatic carboxylic acids is 1. The Labute approximate surface area is 164 Å². The van der Waals surface area contributed by atoms with Gasteiger partial charge in [-0.1, -0.05) is 24.3 Å². The van der Waals surface area contributed by atoms with Crippen LogP contribution in [0.2, 0.25) is 0 Å². The fourth-order valence-electron chi connectivity index (χ4n) is 2.59. The zero-order valence-electron chi connectivity index (χ0n) is 16.2. The van der Waals surface area contributed by atoms with Crippen molar-refractivity contribution in [3.8, 4) is 5.75 Å². The van der Waals surface area contributed by atoms with Gasteiger partial charge in [0.25, 0.3) is 0 Å². The number of carboxylic acids is 1. The number of nitrogens with one attached hydrogen (secondary N) is 1. The van der Waals surface area contributed by atoms with Gasteiger partial charge in [-0.2, -0.15) is 0 Å². The van der Waals surface area contributed by atoms with Crippen LogP contribution in [0.4, 0.5) is 10.5 Å².